The van der Waals surface area contributed by atoms with Crippen molar-refractivity contribution in [1.29, 1.82) is 0 Å². The first kappa shape index (κ1) is 16.8. The number of anilines is 1. The maximum absolute atomic E-state index is 12.7. The van der Waals surface area contributed by atoms with Crippen molar-refractivity contribution in [2.75, 3.05) is 11.9 Å². The smallest absolute Gasteiger partial charge is 0.258 e. The number of benzene rings is 3. The lowest BCUT2D eigenvalue weighted by atomic mass is 10.1. The number of nitrogens with zero attached hydrogens (tertiary/aromatic N) is 1. The number of carbonyl (C=O) groups is 1. The van der Waals surface area contributed by atoms with Gasteiger partial charge in [-0.15, -0.1) is 0 Å². The van der Waals surface area contributed by atoms with Crippen molar-refractivity contribution in [1.82, 2.24) is 0 Å². The number of amides is 1. The van der Waals surface area contributed by atoms with Gasteiger partial charge in [0.05, 0.1) is 0 Å². The van der Waals surface area contributed by atoms with Crippen LogP contribution >= 0.6 is 0 Å². The van der Waals surface area contributed by atoms with Crippen LogP contribution < -0.4 is 9.64 Å². The highest BCUT2D eigenvalue weighted by Gasteiger charge is 2.13. The first-order chi connectivity index (χ1) is 12.0. The van der Waals surface area contributed by atoms with Crippen molar-refractivity contribution in [3.05, 3.63) is 89.5 Å². The molecule has 0 fully saturated rings. The molecule has 0 atom stereocenters. The Hall–Kier alpha value is -3.07. The Labute approximate surface area is 148 Å². The van der Waals surface area contributed by atoms with Gasteiger partial charge in [0.15, 0.2) is 0 Å². The van der Waals surface area contributed by atoms with Crippen LogP contribution in [0.3, 0.4) is 0 Å². The summed E-state index contributed by atoms with van der Waals surface area (Å²) >= 11 is 0. The number of hydrogen-bond acceptors (Lipinski definition) is 2. The quantitative estimate of drug-likeness (QED) is 0.643. The van der Waals surface area contributed by atoms with E-state index >= 15 is 0 Å². The molecule has 0 heterocycles. The summed E-state index contributed by atoms with van der Waals surface area (Å²) in [5, 5.41) is 0. The second-order valence-electron chi connectivity index (χ2n) is 6.15. The minimum atomic E-state index is -0.0484. The van der Waals surface area contributed by atoms with Gasteiger partial charge in [-0.25, -0.2) is 0 Å². The Morgan fingerprint density at radius 3 is 2.08 bits per heavy atom. The molecule has 126 valence electrons. The molecule has 3 nitrogen and oxygen atoms in total. The van der Waals surface area contributed by atoms with Gasteiger partial charge in [-0.2, -0.15) is 0 Å². The van der Waals surface area contributed by atoms with Crippen LogP contribution in [0.1, 0.15) is 21.5 Å². The van der Waals surface area contributed by atoms with Crippen LogP contribution in [0.15, 0.2) is 72.8 Å². The van der Waals surface area contributed by atoms with Crippen LogP contribution in [0.2, 0.25) is 0 Å². The van der Waals surface area contributed by atoms with Crippen LogP contribution in [0, 0.1) is 13.8 Å². The Morgan fingerprint density at radius 1 is 0.800 bits per heavy atom. The van der Waals surface area contributed by atoms with E-state index < -0.39 is 0 Å². The van der Waals surface area contributed by atoms with Crippen molar-refractivity contribution in [3.63, 3.8) is 0 Å². The normalized spacial score (nSPS) is 10.4. The molecule has 3 rings (SSSR count). The molecule has 0 aliphatic rings. The monoisotopic (exact) mass is 331 g/mol. The van der Waals surface area contributed by atoms with Crippen LogP contribution in [-0.2, 0) is 0 Å². The second-order valence-corrected chi connectivity index (χ2v) is 6.15. The highest BCUT2D eigenvalue weighted by atomic mass is 16.5. The lowest BCUT2D eigenvalue weighted by Crippen LogP contribution is -2.26. The molecule has 0 bridgehead atoms. The van der Waals surface area contributed by atoms with E-state index in [-0.39, 0.29) is 5.91 Å². The fourth-order valence-corrected chi connectivity index (χ4v) is 2.63. The van der Waals surface area contributed by atoms with E-state index in [0.29, 0.717) is 11.3 Å². The molecule has 0 radical (unpaired) electrons. The molecule has 3 aromatic rings. The van der Waals surface area contributed by atoms with Crippen molar-refractivity contribution in [3.8, 4) is 11.5 Å². The van der Waals surface area contributed by atoms with Crippen molar-refractivity contribution < 1.29 is 9.53 Å². The number of ether oxygens (including phenoxy) is 1. The van der Waals surface area contributed by atoms with Gasteiger partial charge in [0.25, 0.3) is 5.91 Å². The van der Waals surface area contributed by atoms with Crippen LogP contribution in [0.4, 0.5) is 5.69 Å². The molecule has 0 aliphatic heterocycles. The molecular weight excluding hydrogens is 310 g/mol. The van der Waals surface area contributed by atoms with E-state index in [1.807, 2.05) is 74.5 Å². The fraction of sp³-hybridized carbons (Fsp3) is 0.136. The molecule has 1 amide bonds. The van der Waals surface area contributed by atoms with Crippen molar-refractivity contribution >= 4 is 11.6 Å². The number of aryl methyl sites for hydroxylation is 2. The third-order valence-corrected chi connectivity index (χ3v) is 4.02. The third kappa shape index (κ3) is 4.07. The van der Waals surface area contributed by atoms with Gasteiger partial charge in [-0.3, -0.25) is 4.79 Å². The first-order valence-electron chi connectivity index (χ1n) is 8.22. The molecule has 0 saturated carbocycles. The molecule has 0 saturated heterocycles. The Morgan fingerprint density at radius 2 is 1.44 bits per heavy atom. The largest absolute Gasteiger partial charge is 0.457 e. The minimum Gasteiger partial charge on any atom is -0.457 e. The van der Waals surface area contributed by atoms with Gasteiger partial charge in [0.2, 0.25) is 0 Å². The highest BCUT2D eigenvalue weighted by Crippen LogP contribution is 2.23. The van der Waals surface area contributed by atoms with Gasteiger partial charge in [0.1, 0.15) is 11.5 Å². The SMILES string of the molecule is Cc1cccc(Oc2ccc(C(=O)N(C)c3cccc(C)c3)cc2)c1. The first-order valence-corrected chi connectivity index (χ1v) is 8.22. The minimum absolute atomic E-state index is 0.0484. The average Bonchev–Trinajstić information content (AvgIpc) is 2.61. The summed E-state index contributed by atoms with van der Waals surface area (Å²) in [4.78, 5) is 14.3. The zero-order valence-corrected chi connectivity index (χ0v) is 14.7. The number of carbonyl (C=O) groups excluding carboxylic acids is 1. The Kier molecular flexibility index (Phi) is 4.85. The zero-order chi connectivity index (χ0) is 17.8. The van der Waals surface area contributed by atoms with Crippen LogP contribution in [0.5, 0.6) is 11.5 Å². The van der Waals surface area contributed by atoms with Gasteiger partial charge >= 0.3 is 0 Å². The maximum Gasteiger partial charge on any atom is 0.258 e. The lowest BCUT2D eigenvalue weighted by molar-refractivity contribution is 0.0993. The number of rotatable bonds is 4. The van der Waals surface area contributed by atoms with E-state index in [0.717, 1.165) is 22.6 Å². The zero-order valence-electron chi connectivity index (χ0n) is 14.7. The standard InChI is InChI=1S/C22H21NO2/c1-16-6-4-8-19(14-16)23(3)22(24)18-10-12-20(13-11-18)25-21-9-5-7-17(2)15-21/h4-15H,1-3H3. The predicted molar refractivity (Wildman–Crippen MR) is 102 cm³/mol. The number of hydrogen-bond donors (Lipinski definition) is 0. The average molecular weight is 331 g/mol. The Balaban J connectivity index is 1.74. The summed E-state index contributed by atoms with van der Waals surface area (Å²) in [6.45, 7) is 4.04. The molecule has 0 unspecified atom stereocenters. The third-order valence-electron chi connectivity index (χ3n) is 4.02. The Bertz CT molecular complexity index is 885. The van der Waals surface area contributed by atoms with Crippen molar-refractivity contribution in [2.45, 2.75) is 13.8 Å². The van der Waals surface area contributed by atoms with Crippen LogP contribution in [0.25, 0.3) is 0 Å². The van der Waals surface area contributed by atoms with Gasteiger partial charge in [-0.05, 0) is 73.5 Å². The summed E-state index contributed by atoms with van der Waals surface area (Å²) in [6, 6.07) is 23.0. The lowest BCUT2D eigenvalue weighted by Gasteiger charge is -2.18. The van der Waals surface area contributed by atoms with E-state index in [4.69, 9.17) is 4.74 Å². The molecule has 0 aliphatic carbocycles. The van der Waals surface area contributed by atoms with Crippen molar-refractivity contribution in [2.24, 2.45) is 0 Å². The molecule has 0 N–H and O–H groups in total. The molecule has 25 heavy (non-hydrogen) atoms. The van der Waals surface area contributed by atoms with E-state index in [2.05, 4.69) is 0 Å². The highest BCUT2D eigenvalue weighted by molar-refractivity contribution is 6.05. The van der Waals surface area contributed by atoms with E-state index in [9.17, 15) is 4.79 Å². The maximum atomic E-state index is 12.7. The molecule has 0 spiro atoms. The molecule has 3 aromatic carbocycles. The van der Waals surface area contributed by atoms with Gasteiger partial charge < -0.3 is 9.64 Å². The molecule has 0 aromatic heterocycles. The fourth-order valence-electron chi connectivity index (χ4n) is 2.63. The van der Waals surface area contributed by atoms with E-state index in [1.165, 1.54) is 0 Å². The molecule has 3 heteroatoms. The summed E-state index contributed by atoms with van der Waals surface area (Å²) in [7, 11) is 1.79. The summed E-state index contributed by atoms with van der Waals surface area (Å²) in [5.41, 5.74) is 3.77. The van der Waals surface area contributed by atoms with Gasteiger partial charge in [-0.1, -0.05) is 24.3 Å². The summed E-state index contributed by atoms with van der Waals surface area (Å²) < 4.78 is 5.83. The van der Waals surface area contributed by atoms with Crippen LogP contribution in [-0.4, -0.2) is 13.0 Å². The summed E-state index contributed by atoms with van der Waals surface area (Å²) in [6.07, 6.45) is 0. The predicted octanol–water partition coefficient (Wildman–Crippen LogP) is 5.37. The molecular formula is C22H21NO2. The van der Waals surface area contributed by atoms with Gasteiger partial charge in [0, 0.05) is 18.3 Å². The summed E-state index contributed by atoms with van der Waals surface area (Å²) in [5.74, 6) is 1.45. The van der Waals surface area contributed by atoms with E-state index in [1.54, 1.807) is 24.1 Å². The topological polar surface area (TPSA) is 29.5 Å². The second kappa shape index (κ2) is 7.22.